The molecule has 0 saturated heterocycles. The van der Waals surface area contributed by atoms with E-state index in [4.69, 9.17) is 0 Å². The Morgan fingerprint density at radius 2 is 2.00 bits per heavy atom. The molecule has 0 spiro atoms. The molecule has 0 amide bonds. The van der Waals surface area contributed by atoms with Gasteiger partial charge in [-0.05, 0) is 5.92 Å². The highest BCUT2D eigenvalue weighted by atomic mass is 13.9. The van der Waals surface area contributed by atoms with Gasteiger partial charge < -0.3 is 0 Å². The first-order valence-corrected chi connectivity index (χ1v) is 2.73. The normalized spacial score (nSPS) is 13.6. The number of rotatable bonds is 3. The van der Waals surface area contributed by atoms with Crippen molar-refractivity contribution in [1.82, 2.24) is 0 Å². The summed E-state index contributed by atoms with van der Waals surface area (Å²) in [5, 5.41) is 0. The monoisotopic (exact) mass is 108 g/mol. The van der Waals surface area contributed by atoms with Crippen molar-refractivity contribution in [3.8, 4) is 0 Å². The van der Waals surface area contributed by atoms with Crippen molar-refractivity contribution in [1.29, 1.82) is 0 Å². The number of hydrogen-bond acceptors (Lipinski definition) is 0. The van der Waals surface area contributed by atoms with Gasteiger partial charge in [0.25, 0.3) is 0 Å². The molecule has 0 heterocycles. The van der Waals surface area contributed by atoms with E-state index in [-0.39, 0.29) is 0 Å². The molecule has 0 aromatic heterocycles. The molecule has 8 heavy (non-hydrogen) atoms. The molecule has 0 aromatic carbocycles. The van der Waals surface area contributed by atoms with E-state index in [2.05, 4.69) is 20.1 Å². The van der Waals surface area contributed by atoms with Gasteiger partial charge in [0.1, 0.15) is 0 Å². The van der Waals surface area contributed by atoms with Gasteiger partial charge in [0.15, 0.2) is 0 Å². The lowest BCUT2D eigenvalue weighted by Gasteiger charge is -1.90. The molecule has 0 aliphatic rings. The average molecular weight is 108 g/mol. The Bertz CT molecular complexity index is 98.6. The molecular formula is C8H12. The zero-order valence-corrected chi connectivity index (χ0v) is 5.30. The van der Waals surface area contributed by atoms with Crippen molar-refractivity contribution >= 4 is 0 Å². The van der Waals surface area contributed by atoms with Crippen LogP contribution in [0.1, 0.15) is 6.92 Å². The lowest BCUT2D eigenvalue weighted by molar-refractivity contribution is 0.944. The van der Waals surface area contributed by atoms with E-state index in [9.17, 15) is 0 Å². The van der Waals surface area contributed by atoms with Crippen molar-refractivity contribution in [2.75, 3.05) is 0 Å². The van der Waals surface area contributed by atoms with E-state index in [0.29, 0.717) is 5.92 Å². The van der Waals surface area contributed by atoms with Gasteiger partial charge in [-0.25, -0.2) is 0 Å². The van der Waals surface area contributed by atoms with E-state index in [1.54, 1.807) is 6.08 Å². The van der Waals surface area contributed by atoms with Crippen LogP contribution in [0, 0.1) is 5.92 Å². The highest BCUT2D eigenvalue weighted by molar-refractivity contribution is 5.02. The molecule has 0 rings (SSSR count). The molecule has 44 valence electrons. The van der Waals surface area contributed by atoms with Gasteiger partial charge in [0.05, 0.1) is 0 Å². The summed E-state index contributed by atoms with van der Waals surface area (Å²) >= 11 is 0. The van der Waals surface area contributed by atoms with Gasteiger partial charge in [-0.3, -0.25) is 0 Å². The molecule has 0 fully saturated rings. The maximum atomic E-state index is 3.63. The smallest absolute Gasteiger partial charge is 0.00814 e. The van der Waals surface area contributed by atoms with Crippen molar-refractivity contribution in [2.45, 2.75) is 6.92 Å². The predicted molar refractivity (Wildman–Crippen MR) is 38.7 cm³/mol. The first-order valence-electron chi connectivity index (χ1n) is 2.73. The summed E-state index contributed by atoms with van der Waals surface area (Å²) in [4.78, 5) is 0. The zero-order valence-electron chi connectivity index (χ0n) is 5.30. The molecule has 1 atom stereocenters. The zero-order chi connectivity index (χ0) is 6.41. The van der Waals surface area contributed by atoms with Crippen LogP contribution in [-0.2, 0) is 0 Å². The maximum Gasteiger partial charge on any atom is -0.00814 e. The van der Waals surface area contributed by atoms with Crippen LogP contribution < -0.4 is 0 Å². The highest BCUT2D eigenvalue weighted by Crippen LogP contribution is 1.95. The summed E-state index contributed by atoms with van der Waals surface area (Å²) in [6.07, 6.45) is 7.62. The molecule has 0 heteroatoms. The highest BCUT2D eigenvalue weighted by Gasteiger charge is 1.81. The van der Waals surface area contributed by atoms with Crippen molar-refractivity contribution in [3.05, 3.63) is 37.5 Å². The topological polar surface area (TPSA) is 0 Å². The lowest BCUT2D eigenvalue weighted by atomic mass is 10.2. The Kier molecular flexibility index (Phi) is 3.95. The van der Waals surface area contributed by atoms with Crippen LogP contribution >= 0.6 is 0 Å². The van der Waals surface area contributed by atoms with Crippen LogP contribution in [-0.4, -0.2) is 0 Å². The molecular weight excluding hydrogens is 96.1 g/mol. The summed E-state index contributed by atoms with van der Waals surface area (Å²) in [5.74, 6) is 0.466. The van der Waals surface area contributed by atoms with Gasteiger partial charge in [-0.2, -0.15) is 0 Å². The van der Waals surface area contributed by atoms with Gasteiger partial charge in [-0.15, -0.1) is 6.58 Å². The Morgan fingerprint density at radius 3 is 2.38 bits per heavy atom. The standard InChI is InChI=1S/C8H12/c1-4-6-7-8(3)5-2/h4-8H,1-2H2,3H3. The third kappa shape index (κ3) is 3.41. The quantitative estimate of drug-likeness (QED) is 0.385. The van der Waals surface area contributed by atoms with E-state index in [1.165, 1.54) is 0 Å². The van der Waals surface area contributed by atoms with Gasteiger partial charge in [0.2, 0.25) is 0 Å². The Labute approximate surface area is 51.2 Å². The largest absolute Gasteiger partial charge is 0.102 e. The molecule has 0 aliphatic carbocycles. The summed E-state index contributed by atoms with van der Waals surface area (Å²) in [5.41, 5.74) is 0. The molecule has 0 aliphatic heterocycles. The maximum absolute atomic E-state index is 3.63. The average Bonchev–Trinajstić information content (AvgIpc) is 1.83. The van der Waals surface area contributed by atoms with Gasteiger partial charge >= 0.3 is 0 Å². The van der Waals surface area contributed by atoms with Gasteiger partial charge in [-0.1, -0.05) is 37.8 Å². The fraction of sp³-hybridized carbons (Fsp3) is 0.250. The number of allylic oxidation sites excluding steroid dienone is 4. The van der Waals surface area contributed by atoms with E-state index >= 15 is 0 Å². The lowest BCUT2D eigenvalue weighted by Crippen LogP contribution is -1.77. The van der Waals surface area contributed by atoms with Crippen LogP contribution in [0.5, 0.6) is 0 Å². The van der Waals surface area contributed by atoms with Crippen LogP contribution in [0.15, 0.2) is 37.5 Å². The van der Waals surface area contributed by atoms with Crippen LogP contribution in [0.3, 0.4) is 0 Å². The number of hydrogen-bond donors (Lipinski definition) is 0. The fourth-order valence-electron chi connectivity index (χ4n) is 0.332. The van der Waals surface area contributed by atoms with Crippen molar-refractivity contribution in [2.24, 2.45) is 5.92 Å². The summed E-state index contributed by atoms with van der Waals surface area (Å²) in [6, 6.07) is 0. The van der Waals surface area contributed by atoms with E-state index in [1.807, 2.05) is 18.2 Å². The fourth-order valence-corrected chi connectivity index (χ4v) is 0.332. The van der Waals surface area contributed by atoms with Crippen LogP contribution in [0.2, 0.25) is 0 Å². The summed E-state index contributed by atoms with van der Waals surface area (Å²) in [6.45, 7) is 9.25. The van der Waals surface area contributed by atoms with E-state index < -0.39 is 0 Å². The second-order valence-corrected chi connectivity index (χ2v) is 1.72. The van der Waals surface area contributed by atoms with Crippen molar-refractivity contribution < 1.29 is 0 Å². The minimum Gasteiger partial charge on any atom is -0.102 e. The third-order valence-corrected chi connectivity index (χ3v) is 0.923. The molecule has 0 bridgehead atoms. The first kappa shape index (κ1) is 7.22. The molecule has 0 aromatic rings. The molecule has 0 radical (unpaired) electrons. The second kappa shape index (κ2) is 4.38. The Morgan fingerprint density at radius 1 is 1.38 bits per heavy atom. The second-order valence-electron chi connectivity index (χ2n) is 1.72. The minimum absolute atomic E-state index is 0.466. The first-order chi connectivity index (χ1) is 3.81. The minimum atomic E-state index is 0.466. The van der Waals surface area contributed by atoms with E-state index in [0.717, 1.165) is 0 Å². The SMILES string of the molecule is C=CC=CC(C)C=C. The van der Waals surface area contributed by atoms with Gasteiger partial charge in [0, 0.05) is 0 Å². The molecule has 0 N–H and O–H groups in total. The van der Waals surface area contributed by atoms with Crippen LogP contribution in [0.25, 0.3) is 0 Å². The Balaban J connectivity index is 3.50. The molecule has 0 saturated carbocycles. The Hall–Kier alpha value is -0.780. The van der Waals surface area contributed by atoms with Crippen LogP contribution in [0.4, 0.5) is 0 Å². The summed E-state index contributed by atoms with van der Waals surface area (Å²) in [7, 11) is 0. The van der Waals surface area contributed by atoms with Crippen molar-refractivity contribution in [3.63, 3.8) is 0 Å². The third-order valence-electron chi connectivity index (χ3n) is 0.923. The summed E-state index contributed by atoms with van der Waals surface area (Å²) < 4.78 is 0. The molecule has 0 nitrogen and oxygen atoms in total. The predicted octanol–water partition coefficient (Wildman–Crippen LogP) is 2.55. The molecule has 1 unspecified atom stereocenters.